The highest BCUT2D eigenvalue weighted by molar-refractivity contribution is 5.35. The Labute approximate surface area is 200 Å². The van der Waals surface area contributed by atoms with Gasteiger partial charge in [0.05, 0.1) is 17.3 Å². The summed E-state index contributed by atoms with van der Waals surface area (Å²) in [5.74, 6) is 0.694. The summed E-state index contributed by atoms with van der Waals surface area (Å²) in [7, 11) is 1.69. The van der Waals surface area contributed by atoms with Crippen molar-refractivity contribution in [2.75, 3.05) is 13.7 Å². The van der Waals surface area contributed by atoms with E-state index >= 15 is 0 Å². The molecule has 0 fully saturated rings. The Bertz CT molecular complexity index is 1260. The first kappa shape index (κ1) is 22.3. The van der Waals surface area contributed by atoms with Crippen molar-refractivity contribution in [2.24, 2.45) is 0 Å². The van der Waals surface area contributed by atoms with E-state index in [9.17, 15) is 4.79 Å². The van der Waals surface area contributed by atoms with Crippen molar-refractivity contribution in [3.63, 3.8) is 0 Å². The van der Waals surface area contributed by atoms with Gasteiger partial charge in [-0.25, -0.2) is 4.98 Å². The molecule has 0 saturated heterocycles. The maximum atomic E-state index is 14.1. The molecule has 0 spiro atoms. The van der Waals surface area contributed by atoms with Gasteiger partial charge in [0, 0.05) is 26.7 Å². The highest BCUT2D eigenvalue weighted by atomic mass is 16.5. The lowest BCUT2D eigenvalue weighted by molar-refractivity contribution is 0.0405. The lowest BCUT2D eigenvalue weighted by Crippen LogP contribution is -2.42. The fourth-order valence-electron chi connectivity index (χ4n) is 4.94. The Balaban J connectivity index is 1.62. The third-order valence-corrected chi connectivity index (χ3v) is 6.55. The third-order valence-electron chi connectivity index (χ3n) is 6.55. The Morgan fingerprint density at radius 3 is 2.03 bits per heavy atom. The predicted octanol–water partition coefficient (Wildman–Crippen LogP) is 4.89. The molecule has 5 rings (SSSR count). The van der Waals surface area contributed by atoms with E-state index in [1.807, 2.05) is 66.1 Å². The van der Waals surface area contributed by atoms with Gasteiger partial charge < -0.3 is 4.74 Å². The molecule has 1 atom stereocenters. The van der Waals surface area contributed by atoms with Crippen LogP contribution in [-0.2, 0) is 17.8 Å². The summed E-state index contributed by atoms with van der Waals surface area (Å²) in [6.07, 6.45) is -0.236. The highest BCUT2D eigenvalue weighted by Crippen LogP contribution is 2.30. The number of hydrogen-bond acceptors (Lipinski definition) is 4. The first-order valence-corrected chi connectivity index (χ1v) is 11.7. The van der Waals surface area contributed by atoms with Crippen molar-refractivity contribution in [1.29, 1.82) is 0 Å². The molecule has 1 aliphatic heterocycles. The van der Waals surface area contributed by atoms with Crippen molar-refractivity contribution >= 4 is 0 Å². The molecular weight excluding hydrogens is 422 g/mol. The fourth-order valence-corrected chi connectivity index (χ4v) is 4.94. The maximum Gasteiger partial charge on any atom is 0.259 e. The van der Waals surface area contributed by atoms with Crippen molar-refractivity contribution in [2.45, 2.75) is 32.2 Å². The van der Waals surface area contributed by atoms with Crippen LogP contribution in [0.3, 0.4) is 0 Å². The molecule has 0 saturated carbocycles. The average molecular weight is 452 g/mol. The van der Waals surface area contributed by atoms with Gasteiger partial charge in [0.2, 0.25) is 0 Å². The molecule has 1 aliphatic rings. The number of ether oxygens (including phenoxy) is 1. The second-order valence-electron chi connectivity index (χ2n) is 8.80. The monoisotopic (exact) mass is 451 g/mol. The van der Waals surface area contributed by atoms with Crippen LogP contribution in [0.4, 0.5) is 0 Å². The molecule has 2 heterocycles. The van der Waals surface area contributed by atoms with E-state index < -0.39 is 0 Å². The van der Waals surface area contributed by atoms with Gasteiger partial charge in [0.1, 0.15) is 11.9 Å². The molecular formula is C29H29N3O2. The van der Waals surface area contributed by atoms with Crippen molar-refractivity contribution in [1.82, 2.24) is 14.5 Å². The average Bonchev–Trinajstić information content (AvgIpc) is 2.88. The molecule has 0 N–H and O–H groups in total. The summed E-state index contributed by atoms with van der Waals surface area (Å²) in [5, 5.41) is 0. The van der Waals surface area contributed by atoms with Crippen LogP contribution in [0.2, 0.25) is 0 Å². The van der Waals surface area contributed by atoms with Gasteiger partial charge in [-0.3, -0.25) is 14.3 Å². The molecule has 1 unspecified atom stereocenters. The molecule has 34 heavy (non-hydrogen) atoms. The van der Waals surface area contributed by atoms with Gasteiger partial charge in [-0.1, -0.05) is 91.0 Å². The van der Waals surface area contributed by atoms with E-state index in [4.69, 9.17) is 9.72 Å². The summed E-state index contributed by atoms with van der Waals surface area (Å²) in [5.41, 5.74) is 4.82. The van der Waals surface area contributed by atoms with E-state index in [0.717, 1.165) is 28.9 Å². The van der Waals surface area contributed by atoms with Gasteiger partial charge in [0.25, 0.3) is 5.56 Å². The molecule has 0 amide bonds. The van der Waals surface area contributed by atoms with Gasteiger partial charge in [0.15, 0.2) is 0 Å². The predicted molar refractivity (Wildman–Crippen MR) is 134 cm³/mol. The number of aryl methyl sites for hydroxylation is 1. The molecule has 3 aromatic carbocycles. The summed E-state index contributed by atoms with van der Waals surface area (Å²) >= 11 is 0. The molecule has 0 radical (unpaired) electrons. The Morgan fingerprint density at radius 2 is 1.47 bits per heavy atom. The van der Waals surface area contributed by atoms with E-state index in [2.05, 4.69) is 41.3 Å². The SMILES string of the molecule is COC1CN(Cc2ccccc2)Cc2c1nc(C)n(C(c1ccccc1)c1ccccc1)c2=O. The van der Waals surface area contributed by atoms with E-state index in [-0.39, 0.29) is 17.7 Å². The van der Waals surface area contributed by atoms with Crippen LogP contribution in [0.15, 0.2) is 95.8 Å². The fraction of sp³-hybridized carbons (Fsp3) is 0.241. The van der Waals surface area contributed by atoms with Gasteiger partial charge in [-0.2, -0.15) is 0 Å². The quantitative estimate of drug-likeness (QED) is 0.419. The Hall–Kier alpha value is -3.54. The molecule has 0 aliphatic carbocycles. The molecule has 0 bridgehead atoms. The number of rotatable bonds is 6. The van der Waals surface area contributed by atoms with Crippen molar-refractivity contribution in [3.8, 4) is 0 Å². The smallest absolute Gasteiger partial charge is 0.259 e. The number of benzene rings is 3. The number of nitrogens with zero attached hydrogens (tertiary/aromatic N) is 3. The van der Waals surface area contributed by atoms with Gasteiger partial charge in [-0.15, -0.1) is 0 Å². The largest absolute Gasteiger partial charge is 0.374 e. The Kier molecular flexibility index (Phi) is 6.39. The van der Waals surface area contributed by atoms with Crippen LogP contribution in [-0.4, -0.2) is 28.1 Å². The minimum Gasteiger partial charge on any atom is -0.374 e. The lowest BCUT2D eigenvalue weighted by Gasteiger charge is -2.34. The van der Waals surface area contributed by atoms with Crippen molar-refractivity contribution < 1.29 is 4.74 Å². The zero-order valence-electron chi connectivity index (χ0n) is 19.6. The van der Waals surface area contributed by atoms with E-state index in [0.29, 0.717) is 18.9 Å². The minimum absolute atomic E-state index is 0.0000165. The zero-order valence-corrected chi connectivity index (χ0v) is 19.6. The molecule has 4 aromatic rings. The molecule has 5 heteroatoms. The zero-order chi connectivity index (χ0) is 23.5. The van der Waals surface area contributed by atoms with E-state index in [1.54, 1.807) is 7.11 Å². The van der Waals surface area contributed by atoms with Crippen molar-refractivity contribution in [3.05, 3.63) is 135 Å². The summed E-state index contributed by atoms with van der Waals surface area (Å²) in [6, 6.07) is 30.4. The first-order chi connectivity index (χ1) is 16.7. The number of hydrogen-bond donors (Lipinski definition) is 0. The standard InChI is InChI=1S/C29H29N3O2/c1-21-30-27-25(19-31(20-26(27)34-2)18-22-12-6-3-7-13-22)29(33)32(21)28(23-14-8-4-9-15-23)24-16-10-5-11-17-24/h3-17,26,28H,18-20H2,1-2H3. The second kappa shape index (κ2) is 9.75. The minimum atomic E-state index is -0.252. The van der Waals surface area contributed by atoms with E-state index in [1.165, 1.54) is 5.56 Å². The summed E-state index contributed by atoms with van der Waals surface area (Å²) < 4.78 is 7.66. The highest BCUT2D eigenvalue weighted by Gasteiger charge is 2.32. The summed E-state index contributed by atoms with van der Waals surface area (Å²) in [4.78, 5) is 21.3. The first-order valence-electron chi connectivity index (χ1n) is 11.7. The second-order valence-corrected chi connectivity index (χ2v) is 8.80. The number of methoxy groups -OCH3 is 1. The van der Waals surface area contributed by atoms with Gasteiger partial charge >= 0.3 is 0 Å². The van der Waals surface area contributed by atoms with Crippen LogP contribution in [0.5, 0.6) is 0 Å². The molecule has 5 nitrogen and oxygen atoms in total. The van der Waals surface area contributed by atoms with Crippen LogP contribution < -0.4 is 5.56 Å². The normalized spacial score (nSPS) is 15.9. The van der Waals surface area contributed by atoms with Gasteiger partial charge in [-0.05, 0) is 23.6 Å². The van der Waals surface area contributed by atoms with Crippen LogP contribution in [0.25, 0.3) is 0 Å². The third kappa shape index (κ3) is 4.32. The molecule has 172 valence electrons. The maximum absolute atomic E-state index is 14.1. The number of aromatic nitrogens is 2. The van der Waals surface area contributed by atoms with Crippen LogP contribution in [0, 0.1) is 6.92 Å². The van der Waals surface area contributed by atoms with Crippen LogP contribution >= 0.6 is 0 Å². The Morgan fingerprint density at radius 1 is 0.912 bits per heavy atom. The lowest BCUT2D eigenvalue weighted by atomic mass is 9.97. The summed E-state index contributed by atoms with van der Waals surface area (Å²) in [6.45, 7) is 3.93. The van der Waals surface area contributed by atoms with Crippen LogP contribution in [0.1, 0.15) is 45.9 Å². The topological polar surface area (TPSA) is 47.4 Å². The number of fused-ring (bicyclic) bond motifs is 1. The molecule has 1 aromatic heterocycles.